The lowest BCUT2D eigenvalue weighted by molar-refractivity contribution is -0.120. The van der Waals surface area contributed by atoms with Gasteiger partial charge in [-0.25, -0.2) is 9.18 Å². The van der Waals surface area contributed by atoms with E-state index in [0.29, 0.717) is 35.5 Å². The van der Waals surface area contributed by atoms with E-state index in [4.69, 9.17) is 9.47 Å². The molecule has 2 heterocycles. The molecule has 1 atom stereocenters. The number of carbonyl (C=O) groups excluding carboxylic acids is 2. The molecule has 0 radical (unpaired) electrons. The Kier molecular flexibility index (Phi) is 7.82. The Morgan fingerprint density at radius 3 is 2.86 bits per heavy atom. The third-order valence-corrected chi connectivity index (χ3v) is 6.19. The highest BCUT2D eigenvalue weighted by Gasteiger charge is 2.29. The Bertz CT molecular complexity index is 1230. The van der Waals surface area contributed by atoms with Gasteiger partial charge in [0.2, 0.25) is 5.91 Å². The minimum atomic E-state index is -0.564. The van der Waals surface area contributed by atoms with Crippen LogP contribution in [0.15, 0.2) is 53.1 Å². The molecule has 3 aromatic rings. The summed E-state index contributed by atoms with van der Waals surface area (Å²) in [5.74, 6) is -0.372. The fourth-order valence-electron chi connectivity index (χ4n) is 3.90. The molecule has 0 unspecified atom stereocenters. The molecule has 8 nitrogen and oxygen atoms in total. The quantitative estimate of drug-likeness (QED) is 0.436. The summed E-state index contributed by atoms with van der Waals surface area (Å²) in [5, 5.41) is 7.58. The molecule has 0 fully saturated rings. The average molecular weight is 545 g/mol. The predicted molar refractivity (Wildman–Crippen MR) is 132 cm³/mol. The number of aromatic nitrogens is 2. The number of ether oxygens (including phenoxy) is 2. The van der Waals surface area contributed by atoms with Crippen LogP contribution in [0.5, 0.6) is 5.75 Å². The summed E-state index contributed by atoms with van der Waals surface area (Å²) in [6.45, 7) is 2.68. The van der Waals surface area contributed by atoms with Gasteiger partial charge in [0.1, 0.15) is 24.2 Å². The lowest BCUT2D eigenvalue weighted by Gasteiger charge is -2.20. The van der Waals surface area contributed by atoms with Crippen LogP contribution in [0.4, 0.5) is 10.1 Å². The first-order valence-electron chi connectivity index (χ1n) is 11.3. The Morgan fingerprint density at radius 1 is 1.29 bits per heavy atom. The molecule has 1 aromatic heterocycles. The van der Waals surface area contributed by atoms with Gasteiger partial charge in [0.05, 0.1) is 18.8 Å². The van der Waals surface area contributed by atoms with Gasteiger partial charge in [-0.1, -0.05) is 34.1 Å². The van der Waals surface area contributed by atoms with Gasteiger partial charge in [-0.2, -0.15) is 5.10 Å². The second-order valence-electron chi connectivity index (χ2n) is 8.09. The van der Waals surface area contributed by atoms with Gasteiger partial charge >= 0.3 is 5.97 Å². The van der Waals surface area contributed by atoms with E-state index in [2.05, 4.69) is 26.3 Å². The number of esters is 1. The highest BCUT2D eigenvalue weighted by molar-refractivity contribution is 9.10. The molecule has 4 rings (SSSR count). The van der Waals surface area contributed by atoms with E-state index in [9.17, 15) is 14.0 Å². The second kappa shape index (κ2) is 11.0. The van der Waals surface area contributed by atoms with Crippen molar-refractivity contribution in [3.05, 3.63) is 75.8 Å². The monoisotopic (exact) mass is 544 g/mol. The number of benzene rings is 2. The van der Waals surface area contributed by atoms with Gasteiger partial charge < -0.3 is 19.7 Å². The van der Waals surface area contributed by atoms with Crippen LogP contribution in [0.2, 0.25) is 0 Å². The van der Waals surface area contributed by atoms with Gasteiger partial charge in [-0.05, 0) is 37.6 Å². The lowest BCUT2D eigenvalue weighted by Crippen LogP contribution is -2.47. The third-order valence-electron chi connectivity index (χ3n) is 5.70. The van der Waals surface area contributed by atoms with Gasteiger partial charge in [0.25, 0.3) is 0 Å². The van der Waals surface area contributed by atoms with Crippen LogP contribution < -0.4 is 15.0 Å². The van der Waals surface area contributed by atoms with Crippen molar-refractivity contribution in [2.45, 2.75) is 25.9 Å². The fourth-order valence-corrected chi connectivity index (χ4v) is 4.24. The Labute approximate surface area is 211 Å². The highest BCUT2D eigenvalue weighted by atomic mass is 79.9. The SMILES string of the molecule is CCOC(=O)c1nn(Cc2ccccc2F)cc1CCN[C@H]1COc2cc(Br)ccc2N(C)C1=O. The van der Waals surface area contributed by atoms with Crippen molar-refractivity contribution in [2.75, 3.05) is 31.7 Å². The molecule has 1 aliphatic heterocycles. The number of carbonyl (C=O) groups is 2. The maximum absolute atomic E-state index is 14.1. The number of hydrogen-bond donors (Lipinski definition) is 1. The molecule has 0 bridgehead atoms. The molecule has 1 amide bonds. The normalized spacial score (nSPS) is 15.4. The first kappa shape index (κ1) is 24.9. The Morgan fingerprint density at radius 2 is 2.09 bits per heavy atom. The number of fused-ring (bicyclic) bond motifs is 1. The third kappa shape index (κ3) is 5.71. The van der Waals surface area contributed by atoms with Crippen molar-refractivity contribution >= 4 is 33.5 Å². The average Bonchev–Trinajstić information content (AvgIpc) is 3.20. The number of anilines is 1. The zero-order chi connectivity index (χ0) is 24.9. The highest BCUT2D eigenvalue weighted by Crippen LogP contribution is 2.33. The van der Waals surface area contributed by atoms with Crippen molar-refractivity contribution in [1.82, 2.24) is 15.1 Å². The minimum Gasteiger partial charge on any atom is -0.489 e. The number of rotatable bonds is 8. The molecule has 0 aliphatic carbocycles. The van der Waals surface area contributed by atoms with E-state index < -0.39 is 12.0 Å². The summed E-state index contributed by atoms with van der Waals surface area (Å²) >= 11 is 3.42. The molecule has 184 valence electrons. The van der Waals surface area contributed by atoms with Crippen molar-refractivity contribution in [1.29, 1.82) is 0 Å². The number of likely N-dealkylation sites (N-methyl/N-ethyl adjacent to an activating group) is 1. The molecule has 0 saturated heterocycles. The Balaban J connectivity index is 1.45. The maximum atomic E-state index is 14.1. The van der Waals surface area contributed by atoms with Gasteiger partial charge in [-0.3, -0.25) is 9.48 Å². The van der Waals surface area contributed by atoms with Crippen LogP contribution in [0.25, 0.3) is 0 Å². The van der Waals surface area contributed by atoms with Crippen molar-refractivity contribution in [3.63, 3.8) is 0 Å². The van der Waals surface area contributed by atoms with Crippen LogP contribution in [-0.4, -0.2) is 54.5 Å². The number of amides is 1. The molecule has 2 aromatic carbocycles. The number of halogens is 2. The summed E-state index contributed by atoms with van der Waals surface area (Å²) in [6.07, 6.45) is 2.13. The smallest absolute Gasteiger partial charge is 0.359 e. The van der Waals surface area contributed by atoms with Crippen LogP contribution in [0.1, 0.15) is 28.5 Å². The van der Waals surface area contributed by atoms with Gasteiger partial charge in [-0.15, -0.1) is 0 Å². The maximum Gasteiger partial charge on any atom is 0.359 e. The molecule has 0 saturated carbocycles. The molecule has 0 spiro atoms. The zero-order valence-corrected chi connectivity index (χ0v) is 21.0. The summed E-state index contributed by atoms with van der Waals surface area (Å²) in [7, 11) is 1.71. The molecular weight excluding hydrogens is 519 g/mol. The summed E-state index contributed by atoms with van der Waals surface area (Å²) in [6, 6.07) is 11.4. The van der Waals surface area contributed by atoms with E-state index in [1.807, 2.05) is 18.2 Å². The Hall–Kier alpha value is -3.24. The number of nitrogens with one attached hydrogen (secondary N) is 1. The second-order valence-corrected chi connectivity index (χ2v) is 9.01. The van der Waals surface area contributed by atoms with E-state index in [1.165, 1.54) is 10.7 Å². The minimum absolute atomic E-state index is 0.119. The first-order chi connectivity index (χ1) is 16.9. The van der Waals surface area contributed by atoms with Gasteiger partial charge in [0.15, 0.2) is 5.69 Å². The lowest BCUT2D eigenvalue weighted by atomic mass is 10.1. The molecule has 1 N–H and O–H groups in total. The fraction of sp³-hybridized carbons (Fsp3) is 0.320. The van der Waals surface area contributed by atoms with E-state index in [-0.39, 0.29) is 37.2 Å². The molecule has 1 aliphatic rings. The number of hydrogen-bond acceptors (Lipinski definition) is 6. The van der Waals surface area contributed by atoms with Gasteiger partial charge in [0, 0.05) is 35.4 Å². The molecule has 35 heavy (non-hydrogen) atoms. The number of nitrogens with zero attached hydrogens (tertiary/aromatic N) is 3. The molecular formula is C25H26BrFN4O4. The van der Waals surface area contributed by atoms with Crippen molar-refractivity contribution in [3.8, 4) is 5.75 Å². The van der Waals surface area contributed by atoms with Crippen LogP contribution in [-0.2, 0) is 22.5 Å². The van der Waals surface area contributed by atoms with E-state index in [1.54, 1.807) is 43.3 Å². The van der Waals surface area contributed by atoms with Crippen LogP contribution in [0.3, 0.4) is 0 Å². The van der Waals surface area contributed by atoms with E-state index in [0.717, 1.165) is 4.47 Å². The predicted octanol–water partition coefficient (Wildman–Crippen LogP) is 3.57. The summed E-state index contributed by atoms with van der Waals surface area (Å²) < 4.78 is 27.5. The first-order valence-corrected chi connectivity index (χ1v) is 12.1. The zero-order valence-electron chi connectivity index (χ0n) is 19.5. The molecule has 10 heteroatoms. The van der Waals surface area contributed by atoms with E-state index >= 15 is 0 Å². The topological polar surface area (TPSA) is 85.7 Å². The summed E-state index contributed by atoms with van der Waals surface area (Å²) in [4.78, 5) is 27.0. The summed E-state index contributed by atoms with van der Waals surface area (Å²) in [5.41, 5.74) is 1.99. The van der Waals surface area contributed by atoms with Crippen molar-refractivity contribution < 1.29 is 23.5 Å². The van der Waals surface area contributed by atoms with Crippen molar-refractivity contribution in [2.24, 2.45) is 0 Å². The standard InChI is InChI=1S/C25H26BrFN4O4/c1-3-34-25(33)23-17(14-31(29-23)13-16-6-4-5-7-19(16)27)10-11-28-20-15-35-22-12-18(26)8-9-21(22)30(2)24(20)32/h4-9,12,14,20,28H,3,10-11,13,15H2,1-2H3/t20-/m0/s1. The largest absolute Gasteiger partial charge is 0.489 e. The van der Waals surface area contributed by atoms with Crippen LogP contribution in [0, 0.1) is 5.82 Å². The van der Waals surface area contributed by atoms with Crippen LogP contribution >= 0.6 is 15.9 Å².